The maximum atomic E-state index is 11.3. The third kappa shape index (κ3) is 5.09. The maximum absolute atomic E-state index is 11.3. The molecule has 0 aromatic carbocycles. The van der Waals surface area contributed by atoms with Crippen molar-refractivity contribution in [3.05, 3.63) is 0 Å². The van der Waals surface area contributed by atoms with Gasteiger partial charge in [-0.3, -0.25) is 9.59 Å². The SMILES string of the molecule is CCCOC(=O)C(CO)C(O)OC(=O)CC. The second-order valence-corrected chi connectivity index (χ2v) is 3.19. The summed E-state index contributed by atoms with van der Waals surface area (Å²) in [7, 11) is 0. The Balaban J connectivity index is 4.24. The summed E-state index contributed by atoms with van der Waals surface area (Å²) in [6.07, 6.45) is -0.949. The van der Waals surface area contributed by atoms with E-state index in [2.05, 4.69) is 4.74 Å². The number of aliphatic hydroxyl groups excluding tert-OH is 2. The van der Waals surface area contributed by atoms with Crippen LogP contribution >= 0.6 is 0 Å². The second kappa shape index (κ2) is 8.06. The molecule has 2 unspecified atom stereocenters. The normalized spacial score (nSPS) is 14.0. The average molecular weight is 234 g/mol. The zero-order valence-corrected chi connectivity index (χ0v) is 9.51. The first-order valence-electron chi connectivity index (χ1n) is 5.21. The second-order valence-electron chi connectivity index (χ2n) is 3.19. The Bertz CT molecular complexity index is 227. The van der Waals surface area contributed by atoms with Gasteiger partial charge in [0, 0.05) is 6.42 Å². The van der Waals surface area contributed by atoms with Gasteiger partial charge in [-0.1, -0.05) is 13.8 Å². The smallest absolute Gasteiger partial charge is 0.317 e. The molecule has 16 heavy (non-hydrogen) atoms. The number of hydrogen-bond donors (Lipinski definition) is 2. The van der Waals surface area contributed by atoms with Gasteiger partial charge in [0.2, 0.25) is 6.29 Å². The van der Waals surface area contributed by atoms with Crippen molar-refractivity contribution in [1.29, 1.82) is 0 Å². The van der Waals surface area contributed by atoms with Crippen molar-refractivity contribution in [2.75, 3.05) is 13.2 Å². The zero-order chi connectivity index (χ0) is 12.6. The first kappa shape index (κ1) is 14.9. The van der Waals surface area contributed by atoms with E-state index in [0.29, 0.717) is 6.42 Å². The molecule has 0 saturated heterocycles. The monoisotopic (exact) mass is 234 g/mol. The molecule has 2 N–H and O–H groups in total. The highest BCUT2D eigenvalue weighted by Gasteiger charge is 2.30. The molecule has 0 aromatic heterocycles. The number of carbonyl (C=O) groups is 2. The van der Waals surface area contributed by atoms with Gasteiger partial charge < -0.3 is 19.7 Å². The molecule has 0 heterocycles. The minimum absolute atomic E-state index is 0.0826. The quantitative estimate of drug-likeness (QED) is 0.469. The lowest BCUT2D eigenvalue weighted by Crippen LogP contribution is -2.36. The average Bonchev–Trinajstić information content (AvgIpc) is 2.26. The van der Waals surface area contributed by atoms with Crippen molar-refractivity contribution in [2.24, 2.45) is 5.92 Å². The molecule has 0 spiro atoms. The fourth-order valence-corrected chi connectivity index (χ4v) is 0.891. The third-order valence-corrected chi connectivity index (χ3v) is 1.83. The summed E-state index contributed by atoms with van der Waals surface area (Å²) in [5.74, 6) is -2.67. The fraction of sp³-hybridized carbons (Fsp3) is 0.800. The molecule has 2 atom stereocenters. The standard InChI is InChI=1S/C10H18O6/c1-3-5-15-9(13)7(6-11)10(14)16-8(12)4-2/h7,10-11,14H,3-6H2,1-2H3. The van der Waals surface area contributed by atoms with Gasteiger partial charge in [-0.25, -0.2) is 0 Å². The number of ether oxygens (including phenoxy) is 2. The van der Waals surface area contributed by atoms with Crippen LogP contribution in [0, 0.1) is 5.92 Å². The van der Waals surface area contributed by atoms with Crippen LogP contribution in [0.4, 0.5) is 0 Å². The first-order chi connectivity index (χ1) is 7.56. The predicted octanol–water partition coefficient (Wildman–Crippen LogP) is -0.180. The Morgan fingerprint density at radius 2 is 1.94 bits per heavy atom. The van der Waals surface area contributed by atoms with E-state index in [4.69, 9.17) is 9.84 Å². The van der Waals surface area contributed by atoms with Gasteiger partial charge in [-0.05, 0) is 6.42 Å². The van der Waals surface area contributed by atoms with Crippen LogP contribution in [0.15, 0.2) is 0 Å². The molecule has 94 valence electrons. The topological polar surface area (TPSA) is 93.1 Å². The van der Waals surface area contributed by atoms with Crippen LogP contribution < -0.4 is 0 Å². The van der Waals surface area contributed by atoms with Crippen LogP contribution in [-0.4, -0.2) is 41.7 Å². The summed E-state index contributed by atoms with van der Waals surface area (Å²) >= 11 is 0. The molecule has 0 bridgehead atoms. The van der Waals surface area contributed by atoms with E-state index in [0.717, 1.165) is 0 Å². The summed E-state index contributed by atoms with van der Waals surface area (Å²) in [5.41, 5.74) is 0. The van der Waals surface area contributed by atoms with Gasteiger partial charge in [-0.2, -0.15) is 0 Å². The molecule has 0 aliphatic carbocycles. The fourth-order valence-electron chi connectivity index (χ4n) is 0.891. The van der Waals surface area contributed by atoms with Crippen molar-refractivity contribution in [1.82, 2.24) is 0 Å². The van der Waals surface area contributed by atoms with Crippen molar-refractivity contribution in [2.45, 2.75) is 33.0 Å². The largest absolute Gasteiger partial charge is 0.465 e. The highest BCUT2D eigenvalue weighted by molar-refractivity contribution is 5.74. The van der Waals surface area contributed by atoms with Crippen LogP contribution in [0.25, 0.3) is 0 Å². The Labute approximate surface area is 94.2 Å². The summed E-state index contributed by atoms with van der Waals surface area (Å²) < 4.78 is 9.24. The lowest BCUT2D eigenvalue weighted by Gasteiger charge is -2.19. The van der Waals surface area contributed by atoms with E-state index < -0.39 is 30.8 Å². The Morgan fingerprint density at radius 1 is 1.31 bits per heavy atom. The molecule has 0 fully saturated rings. The van der Waals surface area contributed by atoms with Crippen molar-refractivity contribution in [3.8, 4) is 0 Å². The third-order valence-electron chi connectivity index (χ3n) is 1.83. The van der Waals surface area contributed by atoms with Gasteiger partial charge >= 0.3 is 11.9 Å². The van der Waals surface area contributed by atoms with E-state index in [-0.39, 0.29) is 13.0 Å². The Hall–Kier alpha value is -1.14. The van der Waals surface area contributed by atoms with Crippen molar-refractivity contribution >= 4 is 11.9 Å². The van der Waals surface area contributed by atoms with E-state index in [9.17, 15) is 14.7 Å². The molecule has 0 amide bonds. The van der Waals surface area contributed by atoms with E-state index in [1.807, 2.05) is 6.92 Å². The molecule has 0 aliphatic rings. The number of rotatable bonds is 7. The maximum Gasteiger partial charge on any atom is 0.317 e. The molecule has 6 nitrogen and oxygen atoms in total. The van der Waals surface area contributed by atoms with Gasteiger partial charge in [0.15, 0.2) is 0 Å². The van der Waals surface area contributed by atoms with E-state index in [1.54, 1.807) is 6.92 Å². The number of carbonyl (C=O) groups excluding carboxylic acids is 2. The molecule has 0 saturated carbocycles. The Kier molecular flexibility index (Phi) is 7.49. The van der Waals surface area contributed by atoms with Gasteiger partial charge in [0.1, 0.15) is 5.92 Å². The minimum atomic E-state index is -1.66. The lowest BCUT2D eigenvalue weighted by atomic mass is 10.1. The molecular weight excluding hydrogens is 216 g/mol. The van der Waals surface area contributed by atoms with Crippen molar-refractivity contribution < 1.29 is 29.3 Å². The lowest BCUT2D eigenvalue weighted by molar-refractivity contribution is -0.189. The van der Waals surface area contributed by atoms with E-state index in [1.165, 1.54) is 0 Å². The first-order valence-corrected chi connectivity index (χ1v) is 5.21. The van der Waals surface area contributed by atoms with E-state index >= 15 is 0 Å². The van der Waals surface area contributed by atoms with Crippen molar-refractivity contribution in [3.63, 3.8) is 0 Å². The molecule has 0 radical (unpaired) electrons. The molecule has 0 aromatic rings. The predicted molar refractivity (Wildman–Crippen MR) is 54.2 cm³/mol. The zero-order valence-electron chi connectivity index (χ0n) is 9.51. The summed E-state index contributed by atoms with van der Waals surface area (Å²) in [6, 6.07) is 0. The summed E-state index contributed by atoms with van der Waals surface area (Å²) in [5, 5.41) is 18.3. The number of hydrogen-bond acceptors (Lipinski definition) is 6. The number of esters is 2. The van der Waals surface area contributed by atoms with Crippen LogP contribution in [-0.2, 0) is 19.1 Å². The molecule has 0 rings (SSSR count). The van der Waals surface area contributed by atoms with Crippen LogP contribution in [0.3, 0.4) is 0 Å². The van der Waals surface area contributed by atoms with Crippen LogP contribution in [0.5, 0.6) is 0 Å². The molecule has 6 heteroatoms. The summed E-state index contributed by atoms with van der Waals surface area (Å²) in [4.78, 5) is 22.2. The summed E-state index contributed by atoms with van der Waals surface area (Å²) in [6.45, 7) is 2.93. The Morgan fingerprint density at radius 3 is 2.38 bits per heavy atom. The van der Waals surface area contributed by atoms with Crippen LogP contribution in [0.2, 0.25) is 0 Å². The highest BCUT2D eigenvalue weighted by Crippen LogP contribution is 2.09. The van der Waals surface area contributed by atoms with Gasteiger partial charge in [0.25, 0.3) is 0 Å². The van der Waals surface area contributed by atoms with Gasteiger partial charge in [0.05, 0.1) is 13.2 Å². The number of aliphatic hydroxyl groups is 2. The van der Waals surface area contributed by atoms with Gasteiger partial charge in [-0.15, -0.1) is 0 Å². The highest BCUT2D eigenvalue weighted by atomic mass is 16.6. The molecular formula is C10H18O6. The molecule has 0 aliphatic heterocycles. The minimum Gasteiger partial charge on any atom is -0.465 e. The van der Waals surface area contributed by atoms with Crippen LogP contribution in [0.1, 0.15) is 26.7 Å².